The van der Waals surface area contributed by atoms with Crippen LogP contribution in [0.5, 0.6) is 11.5 Å². The highest BCUT2D eigenvalue weighted by Crippen LogP contribution is 2.32. The second-order valence-corrected chi connectivity index (χ2v) is 4.37. The standard InChI is InChI=1S/C14H16N2O3/c17-12(10-15-16-5-1-2-6-16)11-3-4-13-14(9-11)19-8-7-18-13/h1-6,9,12,15,17H,7-8,10H2. The first-order valence-electron chi connectivity index (χ1n) is 6.27. The third-order valence-corrected chi connectivity index (χ3v) is 3.02. The number of rotatable bonds is 4. The summed E-state index contributed by atoms with van der Waals surface area (Å²) in [6.45, 7) is 1.55. The van der Waals surface area contributed by atoms with E-state index in [-0.39, 0.29) is 0 Å². The van der Waals surface area contributed by atoms with E-state index in [1.54, 1.807) is 4.68 Å². The maximum atomic E-state index is 10.1. The van der Waals surface area contributed by atoms with Gasteiger partial charge in [0.05, 0.1) is 12.6 Å². The number of nitrogens with one attached hydrogen (secondary N) is 1. The van der Waals surface area contributed by atoms with Crippen LogP contribution < -0.4 is 14.9 Å². The number of hydrogen-bond donors (Lipinski definition) is 2. The molecule has 0 fully saturated rings. The van der Waals surface area contributed by atoms with Gasteiger partial charge in [-0.25, -0.2) is 0 Å². The summed E-state index contributed by atoms with van der Waals surface area (Å²) in [5.41, 5.74) is 3.91. The Balaban J connectivity index is 1.67. The second kappa shape index (κ2) is 5.24. The van der Waals surface area contributed by atoms with E-state index in [0.717, 1.165) is 11.3 Å². The SMILES string of the molecule is OC(CNn1cccc1)c1ccc2c(c1)OCCO2. The quantitative estimate of drug-likeness (QED) is 0.875. The van der Waals surface area contributed by atoms with Gasteiger partial charge in [0.15, 0.2) is 11.5 Å². The molecule has 1 aromatic carbocycles. The number of aromatic nitrogens is 1. The molecule has 0 saturated carbocycles. The Kier molecular flexibility index (Phi) is 3.29. The molecule has 1 unspecified atom stereocenters. The lowest BCUT2D eigenvalue weighted by Gasteiger charge is -2.20. The molecule has 0 radical (unpaired) electrons. The number of nitrogens with zero attached hydrogens (tertiary/aromatic N) is 1. The minimum Gasteiger partial charge on any atom is -0.486 e. The van der Waals surface area contributed by atoms with Crippen LogP contribution in [0.4, 0.5) is 0 Å². The van der Waals surface area contributed by atoms with Crippen LogP contribution in [0.1, 0.15) is 11.7 Å². The number of fused-ring (bicyclic) bond motifs is 1. The molecule has 2 aromatic rings. The average Bonchev–Trinajstić information content (AvgIpc) is 2.97. The highest BCUT2D eigenvalue weighted by molar-refractivity contribution is 5.44. The maximum absolute atomic E-state index is 10.1. The Morgan fingerprint density at radius 3 is 2.68 bits per heavy atom. The van der Waals surface area contributed by atoms with E-state index < -0.39 is 6.10 Å². The van der Waals surface area contributed by atoms with Gasteiger partial charge in [0.25, 0.3) is 0 Å². The minimum absolute atomic E-state index is 0.425. The Hall–Kier alpha value is -2.14. The molecular weight excluding hydrogens is 244 g/mol. The van der Waals surface area contributed by atoms with E-state index in [1.165, 1.54) is 0 Å². The predicted molar refractivity (Wildman–Crippen MR) is 71.1 cm³/mol. The van der Waals surface area contributed by atoms with E-state index in [2.05, 4.69) is 5.43 Å². The zero-order valence-electron chi connectivity index (χ0n) is 10.5. The second-order valence-electron chi connectivity index (χ2n) is 4.37. The molecule has 2 heterocycles. The normalized spacial score (nSPS) is 15.0. The Morgan fingerprint density at radius 2 is 1.89 bits per heavy atom. The van der Waals surface area contributed by atoms with Gasteiger partial charge in [-0.1, -0.05) is 6.07 Å². The van der Waals surface area contributed by atoms with E-state index in [9.17, 15) is 5.11 Å². The Labute approximate surface area is 111 Å². The third kappa shape index (κ3) is 2.66. The van der Waals surface area contributed by atoms with Crippen molar-refractivity contribution in [2.24, 2.45) is 0 Å². The lowest BCUT2D eigenvalue weighted by molar-refractivity contribution is 0.167. The number of ether oxygens (including phenoxy) is 2. The topological polar surface area (TPSA) is 55.7 Å². The Bertz CT molecular complexity index is 540. The third-order valence-electron chi connectivity index (χ3n) is 3.02. The summed E-state index contributed by atoms with van der Waals surface area (Å²) in [7, 11) is 0. The van der Waals surface area contributed by atoms with Crippen molar-refractivity contribution in [1.82, 2.24) is 4.68 Å². The molecule has 0 spiro atoms. The molecule has 1 aliphatic rings. The molecule has 0 bridgehead atoms. The molecule has 19 heavy (non-hydrogen) atoms. The van der Waals surface area contributed by atoms with Crippen molar-refractivity contribution >= 4 is 0 Å². The van der Waals surface area contributed by atoms with Gasteiger partial charge in [0.2, 0.25) is 0 Å². The largest absolute Gasteiger partial charge is 0.486 e. The number of hydrogen-bond acceptors (Lipinski definition) is 4. The lowest BCUT2D eigenvalue weighted by atomic mass is 10.1. The fourth-order valence-corrected chi connectivity index (χ4v) is 2.02. The van der Waals surface area contributed by atoms with Gasteiger partial charge < -0.3 is 20.0 Å². The summed E-state index contributed by atoms with van der Waals surface area (Å²) in [5, 5.41) is 10.1. The molecular formula is C14H16N2O3. The summed E-state index contributed by atoms with van der Waals surface area (Å²) < 4.78 is 12.8. The predicted octanol–water partition coefficient (Wildman–Crippen LogP) is 1.54. The van der Waals surface area contributed by atoms with Crippen molar-refractivity contribution in [3.05, 3.63) is 48.3 Å². The van der Waals surface area contributed by atoms with Crippen molar-refractivity contribution in [3.8, 4) is 11.5 Å². The number of aliphatic hydroxyl groups is 1. The first-order valence-corrected chi connectivity index (χ1v) is 6.27. The van der Waals surface area contributed by atoms with Crippen LogP contribution >= 0.6 is 0 Å². The first kappa shape index (κ1) is 11.9. The van der Waals surface area contributed by atoms with Crippen molar-refractivity contribution in [3.63, 3.8) is 0 Å². The fourth-order valence-electron chi connectivity index (χ4n) is 2.02. The van der Waals surface area contributed by atoms with Gasteiger partial charge in [-0.05, 0) is 29.8 Å². The molecule has 0 amide bonds. The molecule has 5 heteroatoms. The van der Waals surface area contributed by atoms with Crippen molar-refractivity contribution < 1.29 is 14.6 Å². The van der Waals surface area contributed by atoms with Crippen LogP contribution in [0.15, 0.2) is 42.7 Å². The summed E-state index contributed by atoms with van der Waals surface area (Å²) in [5.74, 6) is 1.43. The van der Waals surface area contributed by atoms with Crippen molar-refractivity contribution in [2.75, 3.05) is 25.2 Å². The van der Waals surface area contributed by atoms with Gasteiger partial charge in [-0.2, -0.15) is 0 Å². The Morgan fingerprint density at radius 1 is 1.16 bits per heavy atom. The molecule has 1 atom stereocenters. The summed E-state index contributed by atoms with van der Waals surface area (Å²) >= 11 is 0. The highest BCUT2D eigenvalue weighted by Gasteiger charge is 2.15. The summed E-state index contributed by atoms with van der Waals surface area (Å²) in [6.07, 6.45) is 3.17. The van der Waals surface area contributed by atoms with Crippen LogP contribution in [-0.4, -0.2) is 29.5 Å². The highest BCUT2D eigenvalue weighted by atomic mass is 16.6. The van der Waals surface area contributed by atoms with Crippen LogP contribution in [0.25, 0.3) is 0 Å². The maximum Gasteiger partial charge on any atom is 0.161 e. The smallest absolute Gasteiger partial charge is 0.161 e. The molecule has 3 rings (SSSR count). The van der Waals surface area contributed by atoms with E-state index in [4.69, 9.17) is 9.47 Å². The molecule has 1 aromatic heterocycles. The van der Waals surface area contributed by atoms with Gasteiger partial charge in [0, 0.05) is 12.4 Å². The molecule has 0 saturated heterocycles. The van der Waals surface area contributed by atoms with Crippen LogP contribution in [0.3, 0.4) is 0 Å². The number of benzene rings is 1. The van der Waals surface area contributed by atoms with E-state index in [1.807, 2.05) is 42.7 Å². The molecule has 1 aliphatic heterocycles. The molecule has 2 N–H and O–H groups in total. The molecule has 0 aliphatic carbocycles. The van der Waals surface area contributed by atoms with Crippen LogP contribution in [0, 0.1) is 0 Å². The minimum atomic E-state index is -0.599. The van der Waals surface area contributed by atoms with Crippen LogP contribution in [0.2, 0.25) is 0 Å². The zero-order valence-corrected chi connectivity index (χ0v) is 10.5. The van der Waals surface area contributed by atoms with Gasteiger partial charge in [-0.15, -0.1) is 0 Å². The lowest BCUT2D eigenvalue weighted by Crippen LogP contribution is -2.20. The van der Waals surface area contributed by atoms with E-state index >= 15 is 0 Å². The van der Waals surface area contributed by atoms with Gasteiger partial charge in [-0.3, -0.25) is 4.68 Å². The van der Waals surface area contributed by atoms with Crippen molar-refractivity contribution in [2.45, 2.75) is 6.10 Å². The first-order chi connectivity index (χ1) is 9.33. The average molecular weight is 260 g/mol. The zero-order chi connectivity index (χ0) is 13.1. The molecule has 5 nitrogen and oxygen atoms in total. The van der Waals surface area contributed by atoms with Gasteiger partial charge in [0.1, 0.15) is 13.2 Å². The summed E-state index contributed by atoms with van der Waals surface area (Å²) in [6, 6.07) is 9.36. The van der Waals surface area contributed by atoms with Crippen molar-refractivity contribution in [1.29, 1.82) is 0 Å². The van der Waals surface area contributed by atoms with Gasteiger partial charge >= 0.3 is 0 Å². The van der Waals surface area contributed by atoms with E-state index in [0.29, 0.717) is 25.5 Å². The van der Waals surface area contributed by atoms with Crippen LogP contribution in [-0.2, 0) is 0 Å². The number of aliphatic hydroxyl groups excluding tert-OH is 1. The monoisotopic (exact) mass is 260 g/mol. The molecule has 100 valence electrons. The summed E-state index contributed by atoms with van der Waals surface area (Å²) in [4.78, 5) is 0. The fraction of sp³-hybridized carbons (Fsp3) is 0.286.